The molecule has 1 aliphatic heterocycles. The van der Waals surface area contributed by atoms with Gasteiger partial charge in [0.25, 0.3) is 5.91 Å². The minimum atomic E-state index is -0.286. The van der Waals surface area contributed by atoms with Crippen LogP contribution >= 0.6 is 0 Å². The Labute approximate surface area is 126 Å². The summed E-state index contributed by atoms with van der Waals surface area (Å²) in [6.07, 6.45) is 2.64. The van der Waals surface area contributed by atoms with Crippen molar-refractivity contribution >= 4 is 5.91 Å². The van der Waals surface area contributed by atoms with Gasteiger partial charge in [0.05, 0.1) is 6.54 Å². The lowest BCUT2D eigenvalue weighted by Gasteiger charge is -2.27. The van der Waals surface area contributed by atoms with Gasteiger partial charge in [-0.3, -0.25) is 4.79 Å². The average molecular weight is 286 g/mol. The van der Waals surface area contributed by atoms with Crippen LogP contribution in [0.2, 0.25) is 0 Å². The zero-order valence-electron chi connectivity index (χ0n) is 12.5. The lowest BCUT2D eigenvalue weighted by atomic mass is 10.1. The number of hydrogen-bond donors (Lipinski definition) is 1. The zero-order valence-corrected chi connectivity index (χ0v) is 12.5. The molecule has 1 heterocycles. The summed E-state index contributed by atoms with van der Waals surface area (Å²) in [5.74, 6) is 5.97. The third-order valence-corrected chi connectivity index (χ3v) is 3.58. The van der Waals surface area contributed by atoms with E-state index in [2.05, 4.69) is 11.8 Å². The van der Waals surface area contributed by atoms with Crippen LogP contribution in [0.15, 0.2) is 24.3 Å². The Morgan fingerprint density at radius 3 is 2.95 bits per heavy atom. The van der Waals surface area contributed by atoms with Gasteiger partial charge in [-0.15, -0.1) is 0 Å². The van der Waals surface area contributed by atoms with Gasteiger partial charge in [-0.05, 0) is 30.9 Å². The average Bonchev–Trinajstić information content (AvgIpc) is 2.54. The monoisotopic (exact) mass is 286 g/mol. The number of nitrogens with two attached hydrogens (primary N) is 1. The van der Waals surface area contributed by atoms with Crippen LogP contribution in [0.5, 0.6) is 0 Å². The molecular weight excluding hydrogens is 264 g/mol. The molecule has 1 atom stereocenters. The molecule has 1 fully saturated rings. The van der Waals surface area contributed by atoms with E-state index < -0.39 is 0 Å². The smallest absolute Gasteiger partial charge is 0.251 e. The second-order valence-corrected chi connectivity index (χ2v) is 5.21. The Kier molecular flexibility index (Phi) is 5.79. The van der Waals surface area contributed by atoms with Crippen LogP contribution in [-0.2, 0) is 16.1 Å². The maximum absolute atomic E-state index is 12.4. The Balaban J connectivity index is 2.05. The molecule has 0 radical (unpaired) electrons. The first-order valence-electron chi connectivity index (χ1n) is 7.36. The summed E-state index contributed by atoms with van der Waals surface area (Å²) in [5.41, 5.74) is 7.37. The number of carbonyl (C=O) groups excluding carboxylic acids is 1. The van der Waals surface area contributed by atoms with Gasteiger partial charge in [0.15, 0.2) is 0 Å². The quantitative estimate of drug-likeness (QED) is 0.857. The highest BCUT2D eigenvalue weighted by atomic mass is 16.5. The molecule has 1 aromatic rings. The summed E-state index contributed by atoms with van der Waals surface area (Å²) in [4.78, 5) is 14.1. The standard InChI is InChI=1S/C17H22N2O2/c1-19(17(20)16-10-4-5-12-21-16)13-15-8-3-2-7-14(15)9-6-11-18/h2-3,7-8,16H,4-5,10-13,18H2,1H3. The summed E-state index contributed by atoms with van der Waals surface area (Å²) in [6.45, 7) is 1.55. The number of ether oxygens (including phenoxy) is 1. The van der Waals surface area contributed by atoms with Crippen molar-refractivity contribution in [2.24, 2.45) is 5.73 Å². The van der Waals surface area contributed by atoms with E-state index in [0.29, 0.717) is 19.7 Å². The molecule has 21 heavy (non-hydrogen) atoms. The van der Waals surface area contributed by atoms with E-state index in [4.69, 9.17) is 10.5 Å². The Morgan fingerprint density at radius 1 is 1.43 bits per heavy atom. The SMILES string of the molecule is CN(Cc1ccccc1C#CCN)C(=O)C1CCCCO1. The van der Waals surface area contributed by atoms with Crippen LogP contribution in [0.4, 0.5) is 0 Å². The minimum absolute atomic E-state index is 0.0521. The van der Waals surface area contributed by atoms with Crippen molar-refractivity contribution < 1.29 is 9.53 Å². The summed E-state index contributed by atoms with van der Waals surface area (Å²) in [5, 5.41) is 0. The molecule has 112 valence electrons. The molecule has 1 unspecified atom stereocenters. The van der Waals surface area contributed by atoms with Crippen molar-refractivity contribution in [1.82, 2.24) is 4.90 Å². The Morgan fingerprint density at radius 2 is 2.24 bits per heavy atom. The predicted molar refractivity (Wildman–Crippen MR) is 82.4 cm³/mol. The molecule has 1 saturated heterocycles. The third kappa shape index (κ3) is 4.32. The molecule has 1 aromatic carbocycles. The van der Waals surface area contributed by atoms with Crippen molar-refractivity contribution in [3.8, 4) is 11.8 Å². The zero-order chi connectivity index (χ0) is 15.1. The molecule has 0 aromatic heterocycles. The molecule has 4 heteroatoms. The van der Waals surface area contributed by atoms with Gasteiger partial charge in [-0.1, -0.05) is 30.0 Å². The fraction of sp³-hybridized carbons (Fsp3) is 0.471. The normalized spacial score (nSPS) is 17.7. The van der Waals surface area contributed by atoms with Gasteiger partial charge in [-0.2, -0.15) is 0 Å². The Hall–Kier alpha value is -1.83. The lowest BCUT2D eigenvalue weighted by Crippen LogP contribution is -2.39. The number of hydrogen-bond acceptors (Lipinski definition) is 3. The second kappa shape index (κ2) is 7.82. The van der Waals surface area contributed by atoms with Gasteiger partial charge < -0.3 is 15.4 Å². The minimum Gasteiger partial charge on any atom is -0.368 e. The first-order valence-corrected chi connectivity index (χ1v) is 7.36. The van der Waals surface area contributed by atoms with Crippen LogP contribution in [0.3, 0.4) is 0 Å². The van der Waals surface area contributed by atoms with E-state index in [1.54, 1.807) is 4.90 Å². The molecule has 2 N–H and O–H groups in total. The maximum Gasteiger partial charge on any atom is 0.251 e. The summed E-state index contributed by atoms with van der Waals surface area (Å²) < 4.78 is 5.56. The lowest BCUT2D eigenvalue weighted by molar-refractivity contribution is -0.145. The molecule has 2 rings (SSSR count). The number of benzene rings is 1. The van der Waals surface area contributed by atoms with E-state index >= 15 is 0 Å². The highest BCUT2D eigenvalue weighted by molar-refractivity contribution is 5.80. The molecular formula is C17H22N2O2. The van der Waals surface area contributed by atoms with E-state index in [1.807, 2.05) is 31.3 Å². The van der Waals surface area contributed by atoms with Crippen molar-refractivity contribution in [3.63, 3.8) is 0 Å². The van der Waals surface area contributed by atoms with Crippen LogP contribution < -0.4 is 5.73 Å². The van der Waals surface area contributed by atoms with E-state index in [1.165, 1.54) is 0 Å². The topological polar surface area (TPSA) is 55.6 Å². The van der Waals surface area contributed by atoms with Crippen molar-refractivity contribution in [2.75, 3.05) is 20.2 Å². The van der Waals surface area contributed by atoms with Gasteiger partial charge in [-0.25, -0.2) is 0 Å². The van der Waals surface area contributed by atoms with Crippen LogP contribution in [0.25, 0.3) is 0 Å². The number of amides is 1. The summed E-state index contributed by atoms with van der Waals surface area (Å²) in [7, 11) is 1.81. The molecule has 1 aliphatic rings. The predicted octanol–water partition coefficient (Wildman–Crippen LogP) is 1.52. The van der Waals surface area contributed by atoms with Gasteiger partial charge in [0.1, 0.15) is 6.10 Å². The number of carbonyl (C=O) groups is 1. The molecule has 0 saturated carbocycles. The molecule has 1 amide bonds. The molecule has 4 nitrogen and oxygen atoms in total. The molecule has 0 spiro atoms. The van der Waals surface area contributed by atoms with Crippen LogP contribution in [0, 0.1) is 11.8 Å². The fourth-order valence-corrected chi connectivity index (χ4v) is 2.44. The van der Waals surface area contributed by atoms with Crippen LogP contribution in [0.1, 0.15) is 30.4 Å². The second-order valence-electron chi connectivity index (χ2n) is 5.21. The number of likely N-dealkylation sites (N-methyl/N-ethyl adjacent to an activating group) is 1. The van der Waals surface area contributed by atoms with Crippen molar-refractivity contribution in [1.29, 1.82) is 0 Å². The largest absolute Gasteiger partial charge is 0.368 e. The Bertz CT molecular complexity index is 539. The summed E-state index contributed by atoms with van der Waals surface area (Å²) in [6, 6.07) is 7.84. The van der Waals surface area contributed by atoms with E-state index in [-0.39, 0.29) is 12.0 Å². The highest BCUT2D eigenvalue weighted by Crippen LogP contribution is 2.16. The van der Waals surface area contributed by atoms with Gasteiger partial charge >= 0.3 is 0 Å². The first kappa shape index (κ1) is 15.6. The maximum atomic E-state index is 12.4. The van der Waals surface area contributed by atoms with Gasteiger partial charge in [0.2, 0.25) is 0 Å². The number of rotatable bonds is 3. The first-order chi connectivity index (χ1) is 10.2. The molecule has 0 aliphatic carbocycles. The fourth-order valence-electron chi connectivity index (χ4n) is 2.44. The van der Waals surface area contributed by atoms with E-state index in [9.17, 15) is 4.79 Å². The van der Waals surface area contributed by atoms with Gasteiger partial charge in [0, 0.05) is 25.8 Å². The molecule has 0 bridgehead atoms. The third-order valence-electron chi connectivity index (χ3n) is 3.58. The summed E-state index contributed by atoms with van der Waals surface area (Å²) >= 11 is 0. The number of nitrogens with zero attached hydrogens (tertiary/aromatic N) is 1. The van der Waals surface area contributed by atoms with Crippen molar-refractivity contribution in [2.45, 2.75) is 31.9 Å². The van der Waals surface area contributed by atoms with E-state index in [0.717, 1.165) is 30.4 Å². The highest BCUT2D eigenvalue weighted by Gasteiger charge is 2.25. The van der Waals surface area contributed by atoms with Crippen molar-refractivity contribution in [3.05, 3.63) is 35.4 Å². The van der Waals surface area contributed by atoms with Crippen LogP contribution in [-0.4, -0.2) is 37.1 Å².